The van der Waals surface area contributed by atoms with Crippen molar-refractivity contribution in [3.8, 4) is 0 Å². The van der Waals surface area contributed by atoms with Gasteiger partial charge in [0.05, 0.1) is 10.8 Å². The van der Waals surface area contributed by atoms with Gasteiger partial charge in [-0.3, -0.25) is 10.2 Å². The Morgan fingerprint density at radius 1 is 1.12 bits per heavy atom. The summed E-state index contributed by atoms with van der Waals surface area (Å²) >= 11 is 0. The van der Waals surface area contributed by atoms with E-state index in [0.717, 1.165) is 38.3 Å². The molecule has 0 bridgehead atoms. The summed E-state index contributed by atoms with van der Waals surface area (Å²) < 4.78 is 39.9. The first kappa shape index (κ1) is 19.2. The van der Waals surface area contributed by atoms with Gasteiger partial charge >= 0.3 is 0 Å². The molecule has 1 unspecified atom stereocenters. The molecule has 3 rings (SSSR count). The van der Waals surface area contributed by atoms with E-state index in [1.807, 2.05) is 12.1 Å². The lowest BCUT2D eigenvalue weighted by molar-refractivity contribution is -0.131. The lowest BCUT2D eigenvalue weighted by Gasteiger charge is -2.35. The van der Waals surface area contributed by atoms with Gasteiger partial charge in [-0.2, -0.15) is 4.31 Å². The first-order valence-corrected chi connectivity index (χ1v) is 10.3. The highest BCUT2D eigenvalue weighted by molar-refractivity contribution is 7.89. The highest BCUT2D eigenvalue weighted by atomic mass is 32.2. The second-order valence-electron chi connectivity index (χ2n) is 6.92. The van der Waals surface area contributed by atoms with Crippen molar-refractivity contribution in [2.45, 2.75) is 17.7 Å². The number of piperidine rings is 1. The number of likely N-dealkylation sites (N-methyl/N-ethyl adjacent to an activating group) is 1. The van der Waals surface area contributed by atoms with Crippen molar-refractivity contribution in [3.63, 3.8) is 0 Å². The van der Waals surface area contributed by atoms with Gasteiger partial charge in [-0.15, -0.1) is 0 Å². The molecule has 1 atom stereocenters. The van der Waals surface area contributed by atoms with Gasteiger partial charge in [-0.1, -0.05) is 0 Å². The molecular formula is C17H25FN4O3S. The minimum absolute atomic E-state index is 0.0547. The van der Waals surface area contributed by atoms with Crippen molar-refractivity contribution in [1.82, 2.24) is 19.6 Å². The van der Waals surface area contributed by atoms with Gasteiger partial charge in [0.15, 0.2) is 0 Å². The number of carbonyl (C=O) groups is 1. The molecule has 0 aliphatic carbocycles. The molecule has 144 valence electrons. The Labute approximate surface area is 153 Å². The molecule has 0 saturated carbocycles. The topological polar surface area (TPSA) is 73.0 Å². The normalized spacial score (nSPS) is 23.7. The van der Waals surface area contributed by atoms with Crippen LogP contribution in [0.15, 0.2) is 29.2 Å². The molecule has 0 radical (unpaired) electrons. The monoisotopic (exact) mass is 384 g/mol. The van der Waals surface area contributed by atoms with Crippen LogP contribution in [0.25, 0.3) is 0 Å². The third kappa shape index (κ3) is 4.40. The SMILES string of the molecule is CN1CCN(NC(=O)C2CCCN(S(=O)(=O)c3ccc(F)cc3)C2)CC1. The van der Waals surface area contributed by atoms with Gasteiger partial charge in [-0.25, -0.2) is 17.8 Å². The smallest absolute Gasteiger partial charge is 0.243 e. The zero-order chi connectivity index (χ0) is 18.7. The molecule has 7 nitrogen and oxygen atoms in total. The van der Waals surface area contributed by atoms with E-state index in [2.05, 4.69) is 10.3 Å². The summed E-state index contributed by atoms with van der Waals surface area (Å²) in [5, 5.41) is 1.90. The summed E-state index contributed by atoms with van der Waals surface area (Å²) in [6.07, 6.45) is 1.29. The molecule has 2 aliphatic rings. The minimum atomic E-state index is -3.72. The Morgan fingerprint density at radius 3 is 2.42 bits per heavy atom. The van der Waals surface area contributed by atoms with Crippen molar-refractivity contribution < 1.29 is 17.6 Å². The van der Waals surface area contributed by atoms with E-state index in [9.17, 15) is 17.6 Å². The second kappa shape index (κ2) is 7.99. The molecule has 0 spiro atoms. The summed E-state index contributed by atoms with van der Waals surface area (Å²) in [6.45, 7) is 3.81. The number of halogens is 1. The number of rotatable bonds is 4. The molecule has 2 fully saturated rings. The number of hydrazine groups is 1. The van der Waals surface area contributed by atoms with Crippen molar-refractivity contribution in [2.24, 2.45) is 5.92 Å². The minimum Gasteiger partial charge on any atom is -0.304 e. The number of nitrogens with zero attached hydrogens (tertiary/aromatic N) is 3. The van der Waals surface area contributed by atoms with E-state index in [0.29, 0.717) is 19.4 Å². The largest absolute Gasteiger partial charge is 0.304 e. The van der Waals surface area contributed by atoms with E-state index in [1.165, 1.54) is 16.4 Å². The highest BCUT2D eigenvalue weighted by Crippen LogP contribution is 2.24. The van der Waals surface area contributed by atoms with E-state index in [1.54, 1.807) is 0 Å². The summed E-state index contributed by atoms with van der Waals surface area (Å²) in [4.78, 5) is 14.8. The fraction of sp³-hybridized carbons (Fsp3) is 0.588. The average Bonchev–Trinajstić information content (AvgIpc) is 2.64. The van der Waals surface area contributed by atoms with E-state index in [4.69, 9.17) is 0 Å². The second-order valence-corrected chi connectivity index (χ2v) is 8.86. The molecule has 9 heteroatoms. The van der Waals surface area contributed by atoms with Crippen molar-refractivity contribution in [2.75, 3.05) is 46.3 Å². The first-order chi connectivity index (χ1) is 12.4. The van der Waals surface area contributed by atoms with Crippen molar-refractivity contribution in [3.05, 3.63) is 30.1 Å². The molecule has 1 amide bonds. The molecule has 2 heterocycles. The maximum Gasteiger partial charge on any atom is 0.243 e. The van der Waals surface area contributed by atoms with Gasteiger partial charge in [0.1, 0.15) is 5.82 Å². The van der Waals surface area contributed by atoms with Crippen molar-refractivity contribution in [1.29, 1.82) is 0 Å². The van der Waals surface area contributed by atoms with Crippen LogP contribution in [0.1, 0.15) is 12.8 Å². The lowest BCUT2D eigenvalue weighted by atomic mass is 9.99. The fourth-order valence-corrected chi connectivity index (χ4v) is 4.82. The van der Waals surface area contributed by atoms with Crippen LogP contribution in [-0.4, -0.2) is 74.9 Å². The van der Waals surface area contributed by atoms with Crippen LogP contribution < -0.4 is 5.43 Å². The Bertz CT molecular complexity index is 733. The van der Waals surface area contributed by atoms with E-state index < -0.39 is 15.8 Å². The lowest BCUT2D eigenvalue weighted by Crippen LogP contribution is -2.55. The standard InChI is InChI=1S/C17H25FN4O3S/c1-20-9-11-21(12-10-20)19-17(23)14-3-2-8-22(13-14)26(24,25)16-6-4-15(18)5-7-16/h4-7,14H,2-3,8-13H2,1H3,(H,19,23). The van der Waals surface area contributed by atoms with Gasteiger partial charge in [-0.05, 0) is 44.2 Å². The van der Waals surface area contributed by atoms with Gasteiger partial charge in [0, 0.05) is 39.3 Å². The molecule has 1 aromatic rings. The third-order valence-corrected chi connectivity index (χ3v) is 6.86. The third-order valence-electron chi connectivity index (χ3n) is 4.98. The van der Waals surface area contributed by atoms with Gasteiger partial charge < -0.3 is 4.90 Å². The molecule has 2 aliphatic heterocycles. The summed E-state index contributed by atoms with van der Waals surface area (Å²) in [6, 6.07) is 4.79. The van der Waals surface area contributed by atoms with Crippen LogP contribution in [0.3, 0.4) is 0 Å². The zero-order valence-electron chi connectivity index (χ0n) is 14.9. The molecule has 0 aromatic heterocycles. The number of benzene rings is 1. The van der Waals surface area contributed by atoms with Crippen LogP contribution in [0.2, 0.25) is 0 Å². The van der Waals surface area contributed by atoms with E-state index in [-0.39, 0.29) is 23.3 Å². The van der Waals surface area contributed by atoms with Crippen LogP contribution in [0.5, 0.6) is 0 Å². The summed E-state index contributed by atoms with van der Waals surface area (Å²) in [5.74, 6) is -0.987. The quantitative estimate of drug-likeness (QED) is 0.819. The van der Waals surface area contributed by atoms with Crippen LogP contribution in [0, 0.1) is 11.7 Å². The molecule has 1 N–H and O–H groups in total. The predicted molar refractivity (Wildman–Crippen MR) is 95.1 cm³/mol. The number of sulfonamides is 1. The van der Waals surface area contributed by atoms with Crippen LogP contribution in [-0.2, 0) is 14.8 Å². The molecule has 26 heavy (non-hydrogen) atoms. The van der Waals surface area contributed by atoms with Crippen molar-refractivity contribution >= 4 is 15.9 Å². The highest BCUT2D eigenvalue weighted by Gasteiger charge is 2.34. The van der Waals surface area contributed by atoms with E-state index >= 15 is 0 Å². The number of piperazine rings is 1. The fourth-order valence-electron chi connectivity index (χ4n) is 3.30. The number of carbonyl (C=O) groups excluding carboxylic acids is 1. The molecule has 1 aromatic carbocycles. The van der Waals surface area contributed by atoms with Crippen LogP contribution in [0.4, 0.5) is 4.39 Å². The first-order valence-electron chi connectivity index (χ1n) is 8.86. The average molecular weight is 384 g/mol. The Morgan fingerprint density at radius 2 is 1.77 bits per heavy atom. The zero-order valence-corrected chi connectivity index (χ0v) is 15.7. The van der Waals surface area contributed by atoms with Gasteiger partial charge in [0.25, 0.3) is 0 Å². The number of nitrogens with one attached hydrogen (secondary N) is 1. The summed E-state index contributed by atoms with van der Waals surface area (Å²) in [7, 11) is -1.68. The Balaban J connectivity index is 1.63. The predicted octanol–water partition coefficient (Wildman–Crippen LogP) is 0.505. The number of hydrogen-bond donors (Lipinski definition) is 1. The maximum absolute atomic E-state index is 13.1. The number of hydrogen-bond acceptors (Lipinski definition) is 5. The Hall–Kier alpha value is -1.55. The van der Waals surface area contributed by atoms with Gasteiger partial charge in [0.2, 0.25) is 15.9 Å². The molecular weight excluding hydrogens is 359 g/mol. The Kier molecular flexibility index (Phi) is 5.91. The molecule has 2 saturated heterocycles. The maximum atomic E-state index is 13.1. The number of amides is 1. The van der Waals surface area contributed by atoms with Crippen LogP contribution >= 0.6 is 0 Å². The summed E-state index contributed by atoms with van der Waals surface area (Å²) in [5.41, 5.74) is 2.93.